The third-order valence-corrected chi connectivity index (χ3v) is 4.46. The van der Waals surface area contributed by atoms with Crippen molar-refractivity contribution in [3.05, 3.63) is 53.6 Å². The van der Waals surface area contributed by atoms with Crippen molar-refractivity contribution in [1.29, 1.82) is 0 Å². The van der Waals surface area contributed by atoms with Crippen LogP contribution in [0.3, 0.4) is 0 Å². The average Bonchev–Trinajstić information content (AvgIpc) is 2.60. The van der Waals surface area contributed by atoms with Crippen LogP contribution < -0.4 is 19.5 Å². The Labute approximate surface area is 154 Å². The Balaban J connectivity index is 1.72. The van der Waals surface area contributed by atoms with Crippen molar-refractivity contribution in [3.63, 3.8) is 0 Å². The summed E-state index contributed by atoms with van der Waals surface area (Å²) in [5.74, 6) is 2.07. The molecule has 5 heteroatoms. The molecular formula is C21H25NO4. The highest BCUT2D eigenvalue weighted by molar-refractivity contribution is 5.78. The Kier molecular flexibility index (Phi) is 5.07. The summed E-state index contributed by atoms with van der Waals surface area (Å²) in [4.78, 5) is 12.5. The van der Waals surface area contributed by atoms with Crippen molar-refractivity contribution in [3.8, 4) is 17.2 Å². The van der Waals surface area contributed by atoms with Gasteiger partial charge in [-0.25, -0.2) is 0 Å². The monoisotopic (exact) mass is 355 g/mol. The Bertz CT molecular complexity index is 800. The molecule has 2 aromatic carbocycles. The van der Waals surface area contributed by atoms with E-state index in [0.29, 0.717) is 6.42 Å². The number of aryl methyl sites for hydroxylation is 1. The van der Waals surface area contributed by atoms with Crippen LogP contribution in [0.4, 0.5) is 0 Å². The molecule has 1 atom stereocenters. The van der Waals surface area contributed by atoms with Crippen molar-refractivity contribution in [2.75, 3.05) is 13.7 Å². The number of hydrogen-bond donors (Lipinski definition) is 1. The second-order valence-electron chi connectivity index (χ2n) is 7.14. The van der Waals surface area contributed by atoms with Crippen LogP contribution >= 0.6 is 0 Å². The number of benzene rings is 2. The molecule has 0 fully saturated rings. The summed E-state index contributed by atoms with van der Waals surface area (Å²) >= 11 is 0. The van der Waals surface area contributed by atoms with Crippen molar-refractivity contribution in [2.24, 2.45) is 0 Å². The first-order chi connectivity index (χ1) is 12.4. The Morgan fingerprint density at radius 1 is 1.27 bits per heavy atom. The number of fused-ring (bicyclic) bond motifs is 1. The van der Waals surface area contributed by atoms with E-state index >= 15 is 0 Å². The molecule has 26 heavy (non-hydrogen) atoms. The molecule has 1 amide bonds. The van der Waals surface area contributed by atoms with Crippen LogP contribution in [0, 0.1) is 6.92 Å². The third kappa shape index (κ3) is 4.10. The topological polar surface area (TPSA) is 56.8 Å². The molecule has 0 unspecified atom stereocenters. The zero-order valence-corrected chi connectivity index (χ0v) is 15.7. The number of amides is 1. The first kappa shape index (κ1) is 18.1. The maximum absolute atomic E-state index is 12.5. The Hall–Kier alpha value is -2.69. The van der Waals surface area contributed by atoms with Gasteiger partial charge in [0.25, 0.3) is 5.91 Å². The number of para-hydroxylation sites is 1. The van der Waals surface area contributed by atoms with E-state index < -0.39 is 0 Å². The lowest BCUT2D eigenvalue weighted by molar-refractivity contribution is -0.124. The minimum Gasteiger partial charge on any atom is -0.497 e. The van der Waals surface area contributed by atoms with Gasteiger partial charge in [0.05, 0.1) is 13.2 Å². The Morgan fingerprint density at radius 3 is 2.77 bits per heavy atom. The summed E-state index contributed by atoms with van der Waals surface area (Å²) in [6.07, 6.45) is 0.670. The second-order valence-corrected chi connectivity index (χ2v) is 7.14. The SMILES string of the molecule is COc1ccc2c(c1)[C@@H](NC(=O)COc1ccccc1C)CC(C)(C)O2. The molecule has 138 valence electrons. The highest BCUT2D eigenvalue weighted by atomic mass is 16.5. The van der Waals surface area contributed by atoms with Crippen molar-refractivity contribution in [2.45, 2.75) is 38.8 Å². The van der Waals surface area contributed by atoms with E-state index in [0.717, 1.165) is 28.4 Å². The third-order valence-electron chi connectivity index (χ3n) is 4.46. The van der Waals surface area contributed by atoms with Gasteiger partial charge >= 0.3 is 0 Å². The number of carbonyl (C=O) groups excluding carboxylic acids is 1. The van der Waals surface area contributed by atoms with Gasteiger partial charge in [-0.3, -0.25) is 4.79 Å². The summed E-state index contributed by atoms with van der Waals surface area (Å²) in [5.41, 5.74) is 1.56. The Morgan fingerprint density at radius 2 is 2.04 bits per heavy atom. The molecule has 0 spiro atoms. The summed E-state index contributed by atoms with van der Waals surface area (Å²) in [6, 6.07) is 13.2. The highest BCUT2D eigenvalue weighted by Gasteiger charge is 2.34. The fourth-order valence-corrected chi connectivity index (χ4v) is 3.19. The first-order valence-electron chi connectivity index (χ1n) is 8.73. The highest BCUT2D eigenvalue weighted by Crippen LogP contribution is 2.41. The summed E-state index contributed by atoms with van der Waals surface area (Å²) in [7, 11) is 1.62. The van der Waals surface area contributed by atoms with Crippen molar-refractivity contribution in [1.82, 2.24) is 5.32 Å². The van der Waals surface area contributed by atoms with Crippen LogP contribution in [0.2, 0.25) is 0 Å². The normalized spacial score (nSPS) is 17.6. The molecule has 0 aliphatic carbocycles. The smallest absolute Gasteiger partial charge is 0.258 e. The van der Waals surface area contributed by atoms with Gasteiger partial charge in [0.2, 0.25) is 0 Å². The standard InChI is InChI=1S/C21H25NO4/c1-14-7-5-6-8-18(14)25-13-20(23)22-17-12-21(2,3)26-19-10-9-15(24-4)11-16(17)19/h5-11,17H,12-13H2,1-4H3,(H,22,23)/t17-/m0/s1. The lowest BCUT2D eigenvalue weighted by Crippen LogP contribution is -2.42. The van der Waals surface area contributed by atoms with Gasteiger partial charge in [-0.05, 0) is 50.6 Å². The van der Waals surface area contributed by atoms with Gasteiger partial charge in [-0.15, -0.1) is 0 Å². The lowest BCUT2D eigenvalue weighted by Gasteiger charge is -2.38. The zero-order valence-electron chi connectivity index (χ0n) is 15.7. The van der Waals surface area contributed by atoms with E-state index in [-0.39, 0.29) is 24.2 Å². The van der Waals surface area contributed by atoms with E-state index in [2.05, 4.69) is 5.32 Å². The van der Waals surface area contributed by atoms with Gasteiger partial charge < -0.3 is 19.5 Å². The van der Waals surface area contributed by atoms with Crippen molar-refractivity contribution >= 4 is 5.91 Å². The molecule has 0 radical (unpaired) electrons. The molecule has 0 saturated heterocycles. The molecule has 0 aromatic heterocycles. The van der Waals surface area contributed by atoms with Crippen LogP contribution in [0.5, 0.6) is 17.2 Å². The number of hydrogen-bond acceptors (Lipinski definition) is 4. The fraction of sp³-hybridized carbons (Fsp3) is 0.381. The van der Waals surface area contributed by atoms with Crippen molar-refractivity contribution < 1.29 is 19.0 Å². The van der Waals surface area contributed by atoms with E-state index in [9.17, 15) is 4.79 Å². The number of ether oxygens (including phenoxy) is 3. The second kappa shape index (κ2) is 7.28. The molecule has 3 rings (SSSR count). The molecule has 0 bridgehead atoms. The van der Waals surface area contributed by atoms with Crippen LogP contribution in [-0.4, -0.2) is 25.2 Å². The summed E-state index contributed by atoms with van der Waals surface area (Å²) < 4.78 is 17.0. The first-order valence-corrected chi connectivity index (χ1v) is 8.73. The number of rotatable bonds is 5. The van der Waals surface area contributed by atoms with E-state index in [1.54, 1.807) is 7.11 Å². The van der Waals surface area contributed by atoms with Crippen LogP contribution in [-0.2, 0) is 4.79 Å². The fourth-order valence-electron chi connectivity index (χ4n) is 3.19. The summed E-state index contributed by atoms with van der Waals surface area (Å²) in [5, 5.41) is 3.07. The lowest BCUT2D eigenvalue weighted by atomic mass is 9.89. The molecule has 5 nitrogen and oxygen atoms in total. The van der Waals surface area contributed by atoms with Gasteiger partial charge in [-0.2, -0.15) is 0 Å². The molecule has 2 aromatic rings. The molecule has 1 N–H and O–H groups in total. The quantitative estimate of drug-likeness (QED) is 0.886. The number of carbonyl (C=O) groups is 1. The molecule has 1 aliphatic rings. The van der Waals surface area contributed by atoms with Crippen LogP contribution in [0.1, 0.15) is 37.4 Å². The van der Waals surface area contributed by atoms with E-state index in [4.69, 9.17) is 14.2 Å². The molecule has 0 saturated carbocycles. The van der Waals surface area contributed by atoms with Crippen LogP contribution in [0.15, 0.2) is 42.5 Å². The van der Waals surface area contributed by atoms with Gasteiger partial charge in [0.1, 0.15) is 22.8 Å². The van der Waals surface area contributed by atoms with Crippen LogP contribution in [0.25, 0.3) is 0 Å². The molecule has 1 aliphatic heterocycles. The molecule has 1 heterocycles. The van der Waals surface area contributed by atoms with Gasteiger partial charge in [-0.1, -0.05) is 18.2 Å². The largest absolute Gasteiger partial charge is 0.497 e. The van der Waals surface area contributed by atoms with Gasteiger partial charge in [0, 0.05) is 12.0 Å². The van der Waals surface area contributed by atoms with E-state index in [1.807, 2.05) is 63.2 Å². The predicted octanol–water partition coefficient (Wildman–Crippen LogP) is 3.80. The van der Waals surface area contributed by atoms with Gasteiger partial charge in [0.15, 0.2) is 6.61 Å². The molecular weight excluding hydrogens is 330 g/mol. The minimum atomic E-state index is -0.365. The maximum Gasteiger partial charge on any atom is 0.258 e. The summed E-state index contributed by atoms with van der Waals surface area (Å²) in [6.45, 7) is 5.96. The number of nitrogens with one attached hydrogen (secondary N) is 1. The predicted molar refractivity (Wildman–Crippen MR) is 99.9 cm³/mol. The minimum absolute atomic E-state index is 0.0259. The average molecular weight is 355 g/mol. The zero-order chi connectivity index (χ0) is 18.7. The number of methoxy groups -OCH3 is 1. The van der Waals surface area contributed by atoms with E-state index in [1.165, 1.54) is 0 Å². The maximum atomic E-state index is 12.5.